The Labute approximate surface area is 102 Å². The zero-order valence-corrected chi connectivity index (χ0v) is 11.3. The van der Waals surface area contributed by atoms with Crippen LogP contribution in [0.15, 0.2) is 0 Å². The molecule has 1 fully saturated rings. The maximum atomic E-state index is 6.21. The molecule has 0 aromatic heterocycles. The van der Waals surface area contributed by atoms with Gasteiger partial charge in [0.2, 0.25) is 0 Å². The topological polar surface area (TPSA) is 9.23 Å². The van der Waals surface area contributed by atoms with Gasteiger partial charge >= 0.3 is 0 Å². The molecule has 0 N–H and O–H groups in total. The van der Waals surface area contributed by atoms with Crippen LogP contribution in [0.25, 0.3) is 0 Å². The second-order valence-corrected chi connectivity index (χ2v) is 5.12. The molecule has 0 bridgehead atoms. The highest BCUT2D eigenvalue weighted by Crippen LogP contribution is 2.28. The summed E-state index contributed by atoms with van der Waals surface area (Å²) >= 11 is 0. The third kappa shape index (κ3) is 5.89. The molecular formula is C15H29O. The van der Waals surface area contributed by atoms with Crippen molar-refractivity contribution in [2.45, 2.75) is 90.6 Å². The summed E-state index contributed by atoms with van der Waals surface area (Å²) in [6.45, 7) is 4.52. The van der Waals surface area contributed by atoms with E-state index in [0.717, 1.165) is 0 Å². The lowest BCUT2D eigenvalue weighted by Gasteiger charge is -2.27. The molecule has 0 spiro atoms. The van der Waals surface area contributed by atoms with Crippen molar-refractivity contribution < 1.29 is 4.74 Å². The molecule has 0 aliphatic heterocycles. The van der Waals surface area contributed by atoms with Gasteiger partial charge in [-0.3, -0.25) is 0 Å². The molecule has 1 rings (SSSR count). The fraction of sp³-hybridized carbons (Fsp3) is 0.933. The van der Waals surface area contributed by atoms with Gasteiger partial charge in [0.15, 0.2) is 0 Å². The Balaban J connectivity index is 2.23. The van der Waals surface area contributed by atoms with Crippen LogP contribution >= 0.6 is 0 Å². The first-order valence-electron chi connectivity index (χ1n) is 7.38. The van der Waals surface area contributed by atoms with E-state index in [0.29, 0.717) is 6.10 Å². The molecule has 0 unspecified atom stereocenters. The van der Waals surface area contributed by atoms with E-state index in [9.17, 15) is 0 Å². The predicted octanol–water partition coefficient (Wildman–Crippen LogP) is 5.25. The van der Waals surface area contributed by atoms with E-state index in [4.69, 9.17) is 4.74 Å². The second-order valence-electron chi connectivity index (χ2n) is 5.12. The maximum absolute atomic E-state index is 6.21. The van der Waals surface area contributed by atoms with Crippen molar-refractivity contribution in [2.24, 2.45) is 0 Å². The Morgan fingerprint density at radius 2 is 1.50 bits per heavy atom. The summed E-state index contributed by atoms with van der Waals surface area (Å²) in [6.07, 6.45) is 16.3. The SMILES string of the molecule is CCCC[C](CCCC)OC1CCCCC1. The van der Waals surface area contributed by atoms with E-state index in [2.05, 4.69) is 13.8 Å². The van der Waals surface area contributed by atoms with Crippen molar-refractivity contribution in [3.63, 3.8) is 0 Å². The minimum atomic E-state index is 0.553. The molecule has 1 saturated carbocycles. The highest BCUT2D eigenvalue weighted by atomic mass is 16.5. The van der Waals surface area contributed by atoms with Gasteiger partial charge in [-0.25, -0.2) is 0 Å². The van der Waals surface area contributed by atoms with E-state index in [1.807, 2.05) is 0 Å². The first-order valence-corrected chi connectivity index (χ1v) is 7.38. The van der Waals surface area contributed by atoms with E-state index in [1.54, 1.807) is 0 Å². The third-order valence-electron chi connectivity index (χ3n) is 3.50. The summed E-state index contributed by atoms with van der Waals surface area (Å²) in [4.78, 5) is 0. The molecule has 0 amide bonds. The summed E-state index contributed by atoms with van der Waals surface area (Å²) in [5.74, 6) is 0. The molecule has 0 aromatic carbocycles. The van der Waals surface area contributed by atoms with Crippen LogP contribution < -0.4 is 0 Å². The Bertz CT molecular complexity index is 142. The van der Waals surface area contributed by atoms with Crippen molar-refractivity contribution >= 4 is 0 Å². The molecule has 1 nitrogen and oxygen atoms in total. The van der Waals surface area contributed by atoms with Gasteiger partial charge in [-0.05, 0) is 25.7 Å². The number of unbranched alkanes of at least 4 members (excludes halogenated alkanes) is 2. The standard InChI is InChI=1S/C15H29O/c1-3-5-10-14(11-6-4-2)16-15-12-8-7-9-13-15/h15H,3-13H2,1-2H3. The van der Waals surface area contributed by atoms with Crippen LogP contribution in [-0.2, 0) is 4.74 Å². The Morgan fingerprint density at radius 3 is 2.00 bits per heavy atom. The molecular weight excluding hydrogens is 196 g/mol. The predicted molar refractivity (Wildman–Crippen MR) is 70.3 cm³/mol. The van der Waals surface area contributed by atoms with Crippen molar-refractivity contribution in [2.75, 3.05) is 0 Å². The Morgan fingerprint density at radius 1 is 0.938 bits per heavy atom. The van der Waals surface area contributed by atoms with Gasteiger partial charge in [-0.15, -0.1) is 0 Å². The second kappa shape index (κ2) is 9.04. The largest absolute Gasteiger partial charge is 0.369 e. The van der Waals surface area contributed by atoms with Crippen molar-refractivity contribution in [1.82, 2.24) is 0 Å². The smallest absolute Gasteiger partial charge is 0.0974 e. The lowest BCUT2D eigenvalue weighted by molar-refractivity contribution is 0.0250. The summed E-state index contributed by atoms with van der Waals surface area (Å²) in [5, 5.41) is 0. The maximum Gasteiger partial charge on any atom is 0.0974 e. The molecule has 1 aliphatic rings. The fourth-order valence-corrected chi connectivity index (χ4v) is 2.41. The zero-order valence-electron chi connectivity index (χ0n) is 11.3. The lowest BCUT2D eigenvalue weighted by atomic mass is 9.97. The number of rotatable bonds is 8. The molecule has 0 aromatic rings. The number of ether oxygens (including phenoxy) is 1. The molecule has 1 heteroatoms. The number of hydrogen-bond acceptors (Lipinski definition) is 1. The average Bonchev–Trinajstić information content (AvgIpc) is 2.34. The quantitative estimate of drug-likeness (QED) is 0.548. The van der Waals surface area contributed by atoms with Crippen molar-refractivity contribution in [3.05, 3.63) is 6.10 Å². The summed E-state index contributed by atoms with van der Waals surface area (Å²) in [7, 11) is 0. The van der Waals surface area contributed by atoms with Gasteiger partial charge in [0.25, 0.3) is 0 Å². The third-order valence-corrected chi connectivity index (χ3v) is 3.50. The normalized spacial score (nSPS) is 18.2. The number of hydrogen-bond donors (Lipinski definition) is 0. The zero-order chi connectivity index (χ0) is 11.6. The van der Waals surface area contributed by atoms with Gasteiger partial charge in [-0.1, -0.05) is 58.8 Å². The van der Waals surface area contributed by atoms with E-state index in [-0.39, 0.29) is 0 Å². The van der Waals surface area contributed by atoms with Crippen LogP contribution in [0.1, 0.15) is 84.5 Å². The van der Waals surface area contributed by atoms with E-state index < -0.39 is 0 Å². The molecule has 0 atom stereocenters. The van der Waals surface area contributed by atoms with Crippen LogP contribution in [0.3, 0.4) is 0 Å². The average molecular weight is 225 g/mol. The fourth-order valence-electron chi connectivity index (χ4n) is 2.41. The summed E-state index contributed by atoms with van der Waals surface area (Å²) in [6, 6.07) is 0. The molecule has 1 radical (unpaired) electrons. The van der Waals surface area contributed by atoms with Crippen LogP contribution in [0.4, 0.5) is 0 Å². The van der Waals surface area contributed by atoms with Gasteiger partial charge in [-0.2, -0.15) is 0 Å². The molecule has 95 valence electrons. The molecule has 0 saturated heterocycles. The molecule has 0 heterocycles. The van der Waals surface area contributed by atoms with Crippen LogP contribution in [-0.4, -0.2) is 6.10 Å². The monoisotopic (exact) mass is 225 g/mol. The van der Waals surface area contributed by atoms with Gasteiger partial charge in [0, 0.05) is 0 Å². The lowest BCUT2D eigenvalue weighted by Crippen LogP contribution is -2.19. The first-order chi connectivity index (χ1) is 7.86. The van der Waals surface area contributed by atoms with Crippen molar-refractivity contribution in [3.8, 4) is 0 Å². The van der Waals surface area contributed by atoms with Gasteiger partial charge in [0.1, 0.15) is 0 Å². The van der Waals surface area contributed by atoms with Crippen LogP contribution in [0, 0.1) is 6.10 Å². The Hall–Kier alpha value is -0.0400. The minimum absolute atomic E-state index is 0.553. The van der Waals surface area contributed by atoms with Crippen LogP contribution in [0.2, 0.25) is 0 Å². The summed E-state index contributed by atoms with van der Waals surface area (Å²) in [5.41, 5.74) is 0. The van der Waals surface area contributed by atoms with Crippen LogP contribution in [0.5, 0.6) is 0 Å². The summed E-state index contributed by atoms with van der Waals surface area (Å²) < 4.78 is 6.21. The molecule has 1 aliphatic carbocycles. The van der Waals surface area contributed by atoms with Gasteiger partial charge in [0.05, 0.1) is 12.2 Å². The highest BCUT2D eigenvalue weighted by molar-refractivity contribution is 4.81. The van der Waals surface area contributed by atoms with Gasteiger partial charge < -0.3 is 4.74 Å². The van der Waals surface area contributed by atoms with E-state index >= 15 is 0 Å². The first kappa shape index (κ1) is 14.0. The molecule has 16 heavy (non-hydrogen) atoms. The van der Waals surface area contributed by atoms with Crippen molar-refractivity contribution in [1.29, 1.82) is 0 Å². The van der Waals surface area contributed by atoms with E-state index in [1.165, 1.54) is 76.7 Å². The minimum Gasteiger partial charge on any atom is -0.369 e. The highest BCUT2D eigenvalue weighted by Gasteiger charge is 2.19. The Kier molecular flexibility index (Phi) is 7.92.